The Balaban J connectivity index is 1.70. The number of ether oxygens (including phenoxy) is 2. The zero-order valence-corrected chi connectivity index (χ0v) is 12.4. The van der Waals surface area contributed by atoms with Gasteiger partial charge in [-0.05, 0) is 30.2 Å². The third-order valence-electron chi connectivity index (χ3n) is 5.36. The molecule has 0 aromatic heterocycles. The van der Waals surface area contributed by atoms with Crippen LogP contribution < -0.4 is 0 Å². The number of methoxy groups -OCH3 is 1. The maximum absolute atomic E-state index is 12.2. The molecule has 4 rings (SSSR count). The summed E-state index contributed by atoms with van der Waals surface area (Å²) in [6.07, 6.45) is 4.41. The molecule has 5 atom stereocenters. The van der Waals surface area contributed by atoms with Crippen LogP contribution in [0.2, 0.25) is 0 Å². The summed E-state index contributed by atoms with van der Waals surface area (Å²) in [4.78, 5) is 12.2. The second-order valence-corrected chi connectivity index (χ2v) is 6.57. The number of esters is 1. The molecule has 0 radical (unpaired) electrons. The van der Waals surface area contributed by atoms with Crippen molar-refractivity contribution in [2.75, 3.05) is 7.11 Å². The van der Waals surface area contributed by atoms with Crippen molar-refractivity contribution in [1.82, 2.24) is 0 Å². The van der Waals surface area contributed by atoms with Crippen LogP contribution >= 0.6 is 0 Å². The second kappa shape index (κ2) is 4.44. The third kappa shape index (κ3) is 1.73. The number of carbonyl (C=O) groups excluding carboxylic acids is 1. The number of rotatable bonds is 2. The van der Waals surface area contributed by atoms with Crippen LogP contribution in [0, 0.1) is 11.8 Å². The lowest BCUT2D eigenvalue weighted by atomic mass is 9.75. The largest absolute Gasteiger partial charge is 0.466 e. The van der Waals surface area contributed by atoms with Crippen LogP contribution in [0.3, 0.4) is 0 Å². The molecule has 1 spiro atoms. The summed E-state index contributed by atoms with van der Waals surface area (Å²) >= 11 is 0. The molecule has 0 N–H and O–H groups in total. The van der Waals surface area contributed by atoms with Crippen LogP contribution in [0.4, 0.5) is 0 Å². The lowest BCUT2D eigenvalue weighted by Gasteiger charge is -2.29. The first-order valence-electron chi connectivity index (χ1n) is 7.70. The number of hydrogen-bond acceptors (Lipinski definition) is 3. The minimum atomic E-state index is -0.361. The highest BCUT2D eigenvalue weighted by atomic mass is 16.6. The number of allylic oxidation sites excluding steroid dienone is 1. The van der Waals surface area contributed by atoms with E-state index < -0.39 is 0 Å². The molecular formula is C18H20O3. The molecule has 1 aromatic rings. The summed E-state index contributed by atoms with van der Waals surface area (Å²) in [7, 11) is 1.45. The third-order valence-corrected chi connectivity index (χ3v) is 5.36. The molecule has 3 aliphatic rings. The van der Waals surface area contributed by atoms with Gasteiger partial charge in [0.05, 0.1) is 18.8 Å². The Morgan fingerprint density at radius 1 is 1.29 bits per heavy atom. The van der Waals surface area contributed by atoms with E-state index >= 15 is 0 Å². The molecule has 2 aliphatic carbocycles. The van der Waals surface area contributed by atoms with Crippen LogP contribution in [-0.2, 0) is 14.3 Å². The minimum Gasteiger partial charge on any atom is -0.466 e. The predicted molar refractivity (Wildman–Crippen MR) is 78.8 cm³/mol. The van der Waals surface area contributed by atoms with Crippen LogP contribution in [0.1, 0.15) is 31.2 Å². The highest BCUT2D eigenvalue weighted by Gasteiger charge is 2.73. The fourth-order valence-electron chi connectivity index (χ4n) is 4.48. The Kier molecular flexibility index (Phi) is 2.77. The minimum absolute atomic E-state index is 0.141. The first-order valence-corrected chi connectivity index (χ1v) is 7.70. The fourth-order valence-corrected chi connectivity index (χ4v) is 4.48. The molecule has 0 bridgehead atoms. The van der Waals surface area contributed by atoms with Crippen LogP contribution in [0.25, 0.3) is 0 Å². The normalized spacial score (nSPS) is 40.0. The molecular weight excluding hydrogens is 264 g/mol. The summed E-state index contributed by atoms with van der Waals surface area (Å²) < 4.78 is 11.1. The highest BCUT2D eigenvalue weighted by Crippen LogP contribution is 2.66. The van der Waals surface area contributed by atoms with Crippen molar-refractivity contribution in [2.45, 2.75) is 37.4 Å². The maximum atomic E-state index is 12.2. The average Bonchev–Trinajstić information content (AvgIpc) is 3.16. The molecule has 1 aliphatic heterocycles. The van der Waals surface area contributed by atoms with Gasteiger partial charge in [0.25, 0.3) is 0 Å². The van der Waals surface area contributed by atoms with Crippen LogP contribution in [0.15, 0.2) is 42.0 Å². The van der Waals surface area contributed by atoms with Gasteiger partial charge in [-0.25, -0.2) is 4.79 Å². The van der Waals surface area contributed by atoms with Crippen LogP contribution in [0.5, 0.6) is 0 Å². The molecule has 1 saturated carbocycles. The van der Waals surface area contributed by atoms with E-state index in [0.717, 1.165) is 18.4 Å². The first kappa shape index (κ1) is 13.1. The monoisotopic (exact) mass is 284 g/mol. The fraction of sp³-hybridized carbons (Fsp3) is 0.500. The van der Waals surface area contributed by atoms with E-state index in [9.17, 15) is 4.79 Å². The van der Waals surface area contributed by atoms with Crippen molar-refractivity contribution in [2.24, 2.45) is 11.8 Å². The second-order valence-electron chi connectivity index (χ2n) is 6.57. The topological polar surface area (TPSA) is 38.8 Å². The van der Waals surface area contributed by atoms with Gasteiger partial charge in [-0.15, -0.1) is 0 Å². The zero-order chi connectivity index (χ0) is 14.6. The predicted octanol–water partition coefficient (Wildman–Crippen LogP) is 3.07. The van der Waals surface area contributed by atoms with Gasteiger partial charge in [0.2, 0.25) is 0 Å². The van der Waals surface area contributed by atoms with Gasteiger partial charge in [0, 0.05) is 5.92 Å². The van der Waals surface area contributed by atoms with E-state index in [1.165, 1.54) is 12.7 Å². The average molecular weight is 284 g/mol. The molecule has 3 nitrogen and oxygen atoms in total. The van der Waals surface area contributed by atoms with E-state index in [2.05, 4.69) is 37.3 Å². The lowest BCUT2D eigenvalue weighted by Crippen LogP contribution is -2.34. The number of benzene rings is 1. The molecule has 1 aromatic carbocycles. The van der Waals surface area contributed by atoms with E-state index in [1.54, 1.807) is 0 Å². The summed E-state index contributed by atoms with van der Waals surface area (Å²) in [5.74, 6) is 1.02. The Labute approximate surface area is 124 Å². The van der Waals surface area contributed by atoms with Gasteiger partial charge in [-0.3, -0.25) is 0 Å². The standard InChI is InChI=1S/C18H20O3/c1-11-8-13-10-14(12-6-4-3-5-7-12)16-18(13,21-16)15(9-11)17(19)20-2/h3-7,9,11,13-14,16H,8,10H2,1-2H3/t11-,13+,14+,16+,18+/m1/s1. The molecule has 1 saturated heterocycles. The van der Waals surface area contributed by atoms with Gasteiger partial charge in [0.1, 0.15) is 5.60 Å². The SMILES string of the molecule is COC(=O)C1=C[C@H](C)C[C@H]2C[C@@H](c3ccccc3)[C@@H]3O[C@]123. The van der Waals surface area contributed by atoms with Gasteiger partial charge >= 0.3 is 5.97 Å². The Hall–Kier alpha value is -1.61. The molecule has 2 fully saturated rings. The van der Waals surface area contributed by atoms with Crippen molar-refractivity contribution in [3.8, 4) is 0 Å². The van der Waals surface area contributed by atoms with Gasteiger partial charge in [-0.1, -0.05) is 43.3 Å². The van der Waals surface area contributed by atoms with E-state index in [0.29, 0.717) is 17.8 Å². The summed E-state index contributed by atoms with van der Waals surface area (Å²) in [5.41, 5.74) is 1.72. The Morgan fingerprint density at radius 3 is 2.76 bits per heavy atom. The quantitative estimate of drug-likeness (QED) is 0.619. The maximum Gasteiger partial charge on any atom is 0.336 e. The van der Waals surface area contributed by atoms with Crippen molar-refractivity contribution in [1.29, 1.82) is 0 Å². The Bertz CT molecular complexity index is 606. The van der Waals surface area contributed by atoms with Crippen molar-refractivity contribution in [3.63, 3.8) is 0 Å². The molecule has 0 amide bonds. The van der Waals surface area contributed by atoms with E-state index in [1.807, 2.05) is 6.07 Å². The van der Waals surface area contributed by atoms with E-state index in [4.69, 9.17) is 9.47 Å². The number of hydrogen-bond donors (Lipinski definition) is 0. The molecule has 0 unspecified atom stereocenters. The number of carbonyl (C=O) groups is 1. The molecule has 110 valence electrons. The molecule has 3 heteroatoms. The van der Waals surface area contributed by atoms with Gasteiger partial charge in [0.15, 0.2) is 0 Å². The highest BCUT2D eigenvalue weighted by molar-refractivity contribution is 5.92. The van der Waals surface area contributed by atoms with Crippen molar-refractivity contribution in [3.05, 3.63) is 47.5 Å². The van der Waals surface area contributed by atoms with Crippen molar-refractivity contribution >= 4 is 5.97 Å². The summed E-state index contributed by atoms with van der Waals surface area (Å²) in [5, 5.41) is 0. The molecule has 1 heterocycles. The zero-order valence-electron chi connectivity index (χ0n) is 12.4. The smallest absolute Gasteiger partial charge is 0.336 e. The van der Waals surface area contributed by atoms with Gasteiger partial charge in [-0.2, -0.15) is 0 Å². The summed E-state index contributed by atoms with van der Waals surface area (Å²) in [6.45, 7) is 2.17. The van der Waals surface area contributed by atoms with Crippen molar-refractivity contribution < 1.29 is 14.3 Å². The Morgan fingerprint density at radius 2 is 2.05 bits per heavy atom. The molecule has 21 heavy (non-hydrogen) atoms. The first-order chi connectivity index (χ1) is 10.2. The lowest BCUT2D eigenvalue weighted by molar-refractivity contribution is -0.137. The van der Waals surface area contributed by atoms with Crippen LogP contribution in [-0.4, -0.2) is 24.8 Å². The number of epoxide rings is 1. The van der Waals surface area contributed by atoms with Gasteiger partial charge < -0.3 is 9.47 Å². The summed E-state index contributed by atoms with van der Waals surface area (Å²) in [6, 6.07) is 10.5. The van der Waals surface area contributed by atoms with E-state index in [-0.39, 0.29) is 17.7 Å².